The highest BCUT2D eigenvalue weighted by atomic mass is 16.5. The number of rotatable bonds is 2. The van der Waals surface area contributed by atoms with Gasteiger partial charge in [-0.05, 0) is 43.5 Å². The lowest BCUT2D eigenvalue weighted by atomic mass is 9.78. The van der Waals surface area contributed by atoms with Crippen LogP contribution in [0.1, 0.15) is 18.4 Å². The fraction of sp³-hybridized carbons (Fsp3) is 0.636. The molecule has 4 fully saturated rings. The quantitative estimate of drug-likeness (QED) is 0.788. The number of carbonyl (C=O) groups excluding carboxylic acids is 2. The van der Waals surface area contributed by atoms with Crippen LogP contribution in [0.5, 0.6) is 5.75 Å². The second-order valence-corrected chi connectivity index (χ2v) is 9.22. The fourth-order valence-electron chi connectivity index (χ4n) is 5.44. The predicted octanol–water partition coefficient (Wildman–Crippen LogP) is 1.23. The average molecular weight is 415 g/mol. The number of hydrogen-bond donors (Lipinski definition) is 1. The molecule has 4 aliphatic rings. The maximum Gasteiger partial charge on any atom is 0.320 e. The third kappa shape index (κ3) is 3.37. The smallest absolute Gasteiger partial charge is 0.320 e. The van der Waals surface area contributed by atoms with Gasteiger partial charge < -0.3 is 29.5 Å². The van der Waals surface area contributed by atoms with Crippen LogP contribution in [0.4, 0.5) is 10.5 Å². The largest absolute Gasteiger partial charge is 0.496 e. The second-order valence-electron chi connectivity index (χ2n) is 9.22. The summed E-state index contributed by atoms with van der Waals surface area (Å²) in [5.41, 5.74) is 2.56. The Hall–Kier alpha value is -2.48. The van der Waals surface area contributed by atoms with Gasteiger partial charge in [0, 0.05) is 50.4 Å². The molecule has 30 heavy (non-hydrogen) atoms. The molecule has 5 rings (SSSR count). The van der Waals surface area contributed by atoms with Crippen LogP contribution in [-0.2, 0) is 9.53 Å². The van der Waals surface area contributed by atoms with Crippen molar-refractivity contribution in [1.82, 2.24) is 15.1 Å². The van der Waals surface area contributed by atoms with Crippen molar-refractivity contribution >= 4 is 17.6 Å². The van der Waals surface area contributed by atoms with Gasteiger partial charge in [0.25, 0.3) is 0 Å². The first-order chi connectivity index (χ1) is 14.5. The molecule has 4 saturated heterocycles. The number of amides is 3. The number of morpholine rings is 1. The Balaban J connectivity index is 1.17. The lowest BCUT2D eigenvalue weighted by molar-refractivity contribution is -0.139. The molecule has 8 heteroatoms. The van der Waals surface area contributed by atoms with E-state index in [4.69, 9.17) is 9.47 Å². The number of anilines is 1. The van der Waals surface area contributed by atoms with Gasteiger partial charge in [-0.25, -0.2) is 4.79 Å². The van der Waals surface area contributed by atoms with Crippen molar-refractivity contribution in [3.63, 3.8) is 0 Å². The predicted molar refractivity (Wildman–Crippen MR) is 112 cm³/mol. The number of likely N-dealkylation sites (tertiary alicyclic amines) is 2. The number of hydrogen-bond acceptors (Lipinski definition) is 5. The van der Waals surface area contributed by atoms with E-state index in [1.54, 1.807) is 7.11 Å². The van der Waals surface area contributed by atoms with E-state index >= 15 is 0 Å². The minimum atomic E-state index is -0.0889. The molecule has 3 amide bonds. The summed E-state index contributed by atoms with van der Waals surface area (Å²) in [4.78, 5) is 31.0. The molecular weight excluding hydrogens is 384 g/mol. The zero-order valence-corrected chi connectivity index (χ0v) is 17.7. The first kappa shape index (κ1) is 19.5. The lowest BCUT2D eigenvalue weighted by Gasteiger charge is -2.49. The van der Waals surface area contributed by atoms with Crippen LogP contribution in [0.2, 0.25) is 0 Å². The minimum absolute atomic E-state index is 0.0322. The Morgan fingerprint density at radius 1 is 1.23 bits per heavy atom. The molecule has 0 aliphatic carbocycles. The lowest BCUT2D eigenvalue weighted by Crippen LogP contribution is -2.62. The summed E-state index contributed by atoms with van der Waals surface area (Å²) in [6.45, 7) is 7.01. The minimum Gasteiger partial charge on any atom is -0.496 e. The van der Waals surface area contributed by atoms with E-state index in [1.165, 1.54) is 5.69 Å². The monoisotopic (exact) mass is 414 g/mol. The van der Waals surface area contributed by atoms with Crippen molar-refractivity contribution in [1.29, 1.82) is 0 Å². The molecule has 1 N–H and O–H groups in total. The molecule has 2 atom stereocenters. The summed E-state index contributed by atoms with van der Waals surface area (Å²) in [6.07, 6.45) is 1.86. The third-order valence-corrected chi connectivity index (χ3v) is 7.10. The SMILES string of the molecule is COc1ccc(N2CC3(CCN(C(=O)N4CC[C@@H]5OCC(=O)N[C@@H]5C4)C3)C2)cc1C. The van der Waals surface area contributed by atoms with Crippen LogP contribution in [0.3, 0.4) is 0 Å². The number of methoxy groups -OCH3 is 1. The van der Waals surface area contributed by atoms with E-state index in [-0.39, 0.29) is 36.1 Å². The summed E-state index contributed by atoms with van der Waals surface area (Å²) >= 11 is 0. The van der Waals surface area contributed by atoms with Crippen molar-refractivity contribution in [2.45, 2.75) is 31.9 Å². The van der Waals surface area contributed by atoms with E-state index in [0.717, 1.165) is 50.3 Å². The number of carbonyl (C=O) groups is 2. The Bertz CT molecular complexity index is 854. The standard InChI is InChI=1S/C22H30N4O4/c1-15-9-16(3-4-18(15)29-2)26-13-22(14-26)6-8-25(12-22)21(28)24-7-5-19-17(10-24)23-20(27)11-30-19/h3-4,9,17,19H,5-8,10-14H2,1-2H3,(H,23,27)/t17-,19+/m1/s1. The third-order valence-electron chi connectivity index (χ3n) is 7.10. The number of benzene rings is 1. The second kappa shape index (κ2) is 7.34. The van der Waals surface area contributed by atoms with Crippen molar-refractivity contribution in [3.8, 4) is 5.75 Å². The molecule has 0 saturated carbocycles. The molecule has 162 valence electrons. The van der Waals surface area contributed by atoms with Gasteiger partial charge in [-0.3, -0.25) is 4.79 Å². The van der Waals surface area contributed by atoms with Crippen molar-refractivity contribution < 1.29 is 19.1 Å². The highest BCUT2D eigenvalue weighted by Gasteiger charge is 2.50. The van der Waals surface area contributed by atoms with E-state index in [0.29, 0.717) is 13.1 Å². The summed E-state index contributed by atoms with van der Waals surface area (Å²) in [5, 5.41) is 2.98. The highest BCUT2D eigenvalue weighted by Crippen LogP contribution is 2.42. The van der Waals surface area contributed by atoms with Crippen LogP contribution in [0, 0.1) is 12.3 Å². The topological polar surface area (TPSA) is 74.3 Å². The maximum absolute atomic E-state index is 13.1. The number of piperidine rings is 1. The molecule has 0 bridgehead atoms. The Kier molecular flexibility index (Phi) is 4.76. The number of fused-ring (bicyclic) bond motifs is 1. The van der Waals surface area contributed by atoms with Crippen molar-refractivity contribution in [2.24, 2.45) is 5.41 Å². The fourth-order valence-corrected chi connectivity index (χ4v) is 5.44. The van der Waals surface area contributed by atoms with E-state index in [1.807, 2.05) is 15.9 Å². The van der Waals surface area contributed by atoms with Crippen LogP contribution in [0.15, 0.2) is 18.2 Å². The van der Waals surface area contributed by atoms with Crippen molar-refractivity contribution in [3.05, 3.63) is 23.8 Å². The number of ether oxygens (including phenoxy) is 2. The van der Waals surface area contributed by atoms with Gasteiger partial charge in [0.05, 0.1) is 19.3 Å². The van der Waals surface area contributed by atoms with E-state index in [9.17, 15) is 9.59 Å². The molecule has 1 aromatic rings. The van der Waals surface area contributed by atoms with Crippen LogP contribution >= 0.6 is 0 Å². The number of nitrogens with zero attached hydrogens (tertiary/aromatic N) is 3. The molecule has 0 radical (unpaired) electrons. The molecule has 0 aromatic heterocycles. The van der Waals surface area contributed by atoms with E-state index < -0.39 is 0 Å². The van der Waals surface area contributed by atoms with Gasteiger partial charge in [0.15, 0.2) is 0 Å². The van der Waals surface area contributed by atoms with Gasteiger partial charge >= 0.3 is 6.03 Å². The van der Waals surface area contributed by atoms with Crippen LogP contribution < -0.4 is 15.0 Å². The number of nitrogens with one attached hydrogen (secondary N) is 1. The highest BCUT2D eigenvalue weighted by molar-refractivity contribution is 5.79. The zero-order chi connectivity index (χ0) is 20.9. The van der Waals surface area contributed by atoms with E-state index in [2.05, 4.69) is 29.3 Å². The van der Waals surface area contributed by atoms with Crippen LogP contribution in [-0.4, -0.2) is 86.9 Å². The van der Waals surface area contributed by atoms with Gasteiger partial charge in [-0.2, -0.15) is 0 Å². The van der Waals surface area contributed by atoms with Gasteiger partial charge in [0.2, 0.25) is 5.91 Å². The zero-order valence-electron chi connectivity index (χ0n) is 17.7. The maximum atomic E-state index is 13.1. The number of aryl methyl sites for hydroxylation is 1. The Morgan fingerprint density at radius 2 is 2.07 bits per heavy atom. The molecule has 4 heterocycles. The first-order valence-corrected chi connectivity index (χ1v) is 10.8. The summed E-state index contributed by atoms with van der Waals surface area (Å²) in [5.74, 6) is 0.823. The molecule has 8 nitrogen and oxygen atoms in total. The molecule has 1 aromatic carbocycles. The molecule has 1 spiro atoms. The molecule has 0 unspecified atom stereocenters. The molecular formula is C22H30N4O4. The first-order valence-electron chi connectivity index (χ1n) is 10.8. The van der Waals surface area contributed by atoms with Crippen LogP contribution in [0.25, 0.3) is 0 Å². The summed E-state index contributed by atoms with van der Waals surface area (Å²) in [6, 6.07) is 6.33. The average Bonchev–Trinajstić information content (AvgIpc) is 3.17. The molecule has 4 aliphatic heterocycles. The van der Waals surface area contributed by atoms with Gasteiger partial charge in [-0.1, -0.05) is 0 Å². The summed E-state index contributed by atoms with van der Waals surface area (Å²) in [7, 11) is 1.70. The number of urea groups is 1. The normalized spacial score (nSPS) is 27.5. The Labute approximate surface area is 177 Å². The Morgan fingerprint density at radius 3 is 2.83 bits per heavy atom. The van der Waals surface area contributed by atoms with Crippen molar-refractivity contribution in [2.75, 3.05) is 57.9 Å². The van der Waals surface area contributed by atoms with Gasteiger partial charge in [0.1, 0.15) is 12.4 Å². The van der Waals surface area contributed by atoms with Gasteiger partial charge in [-0.15, -0.1) is 0 Å². The summed E-state index contributed by atoms with van der Waals surface area (Å²) < 4.78 is 11.0.